The number of methoxy groups -OCH3 is 1. The number of amides is 1. The summed E-state index contributed by atoms with van der Waals surface area (Å²) in [6.45, 7) is 1.72. The summed E-state index contributed by atoms with van der Waals surface area (Å²) in [7, 11) is 1.64. The van der Waals surface area contributed by atoms with Crippen molar-refractivity contribution in [3.05, 3.63) is 77.9 Å². The minimum atomic E-state index is -0.543. The second kappa shape index (κ2) is 8.41. The van der Waals surface area contributed by atoms with Crippen LogP contribution in [0.15, 0.2) is 66.7 Å². The van der Waals surface area contributed by atoms with Gasteiger partial charge >= 0.3 is 5.97 Å². The third kappa shape index (κ3) is 4.06. The Kier molecular flexibility index (Phi) is 5.53. The molecule has 1 heterocycles. The molecule has 152 valence electrons. The number of anilines is 1. The van der Waals surface area contributed by atoms with E-state index in [4.69, 9.17) is 9.47 Å². The Morgan fingerprint density at radius 3 is 2.67 bits per heavy atom. The largest absolute Gasteiger partial charge is 0.497 e. The topological polar surface area (TPSA) is 55.8 Å². The molecule has 0 aliphatic carbocycles. The lowest BCUT2D eigenvalue weighted by atomic mass is 10.1. The molecule has 0 spiro atoms. The lowest BCUT2D eigenvalue weighted by molar-refractivity contribution is -0.143. The van der Waals surface area contributed by atoms with E-state index in [2.05, 4.69) is 0 Å². The number of para-hydroxylation sites is 1. The summed E-state index contributed by atoms with van der Waals surface area (Å²) in [6, 6.07) is 19.6. The van der Waals surface area contributed by atoms with Crippen molar-refractivity contribution in [1.82, 2.24) is 0 Å². The maximum atomic E-state index is 12.6. The smallest absolute Gasteiger partial charge is 0.331 e. The van der Waals surface area contributed by atoms with Crippen LogP contribution in [0.25, 0.3) is 16.8 Å². The van der Waals surface area contributed by atoms with Crippen LogP contribution < -0.4 is 9.64 Å². The number of fused-ring (bicyclic) bond motifs is 2. The van der Waals surface area contributed by atoms with Gasteiger partial charge in [-0.15, -0.1) is 0 Å². The number of esters is 1. The van der Waals surface area contributed by atoms with Gasteiger partial charge in [0, 0.05) is 17.8 Å². The number of carbonyl (C=O) groups is 2. The SMILES string of the molecule is COc1ccc2cc(/C=C/C(=O)OCC(=O)N3c4ccccc4C[C@H]3C)ccc2c1. The predicted octanol–water partition coefficient (Wildman–Crippen LogP) is 4.38. The van der Waals surface area contributed by atoms with Gasteiger partial charge in [-0.3, -0.25) is 4.79 Å². The first-order valence-electron chi connectivity index (χ1n) is 9.88. The van der Waals surface area contributed by atoms with Crippen LogP contribution in [0.1, 0.15) is 18.1 Å². The average molecular weight is 401 g/mol. The van der Waals surface area contributed by atoms with Gasteiger partial charge in [-0.1, -0.05) is 36.4 Å². The van der Waals surface area contributed by atoms with Gasteiger partial charge < -0.3 is 14.4 Å². The molecule has 0 N–H and O–H groups in total. The van der Waals surface area contributed by atoms with E-state index in [0.29, 0.717) is 0 Å². The van der Waals surface area contributed by atoms with Gasteiger partial charge in [-0.2, -0.15) is 0 Å². The fraction of sp³-hybridized carbons (Fsp3) is 0.200. The zero-order chi connectivity index (χ0) is 21.1. The molecule has 3 aromatic rings. The van der Waals surface area contributed by atoms with E-state index in [-0.39, 0.29) is 18.6 Å². The Balaban J connectivity index is 1.37. The van der Waals surface area contributed by atoms with Crippen LogP contribution in [0.3, 0.4) is 0 Å². The van der Waals surface area contributed by atoms with Crippen LogP contribution in [-0.2, 0) is 20.7 Å². The van der Waals surface area contributed by atoms with Crippen molar-refractivity contribution in [2.24, 2.45) is 0 Å². The fourth-order valence-electron chi connectivity index (χ4n) is 3.83. The molecule has 0 aromatic heterocycles. The summed E-state index contributed by atoms with van der Waals surface area (Å²) >= 11 is 0. The van der Waals surface area contributed by atoms with Crippen molar-refractivity contribution >= 4 is 34.4 Å². The lowest BCUT2D eigenvalue weighted by Gasteiger charge is -2.22. The van der Waals surface area contributed by atoms with Gasteiger partial charge in [0.15, 0.2) is 6.61 Å². The number of nitrogens with zero attached hydrogens (tertiary/aromatic N) is 1. The molecule has 5 heteroatoms. The summed E-state index contributed by atoms with van der Waals surface area (Å²) in [5, 5.41) is 2.10. The van der Waals surface area contributed by atoms with E-state index in [0.717, 1.165) is 39.8 Å². The predicted molar refractivity (Wildman–Crippen MR) is 118 cm³/mol. The van der Waals surface area contributed by atoms with E-state index in [1.807, 2.05) is 67.6 Å². The minimum absolute atomic E-state index is 0.0559. The van der Waals surface area contributed by atoms with Crippen LogP contribution in [0.4, 0.5) is 5.69 Å². The Hall–Kier alpha value is -3.60. The van der Waals surface area contributed by atoms with Crippen LogP contribution >= 0.6 is 0 Å². The summed E-state index contributed by atoms with van der Waals surface area (Å²) < 4.78 is 10.4. The zero-order valence-corrected chi connectivity index (χ0v) is 17.0. The van der Waals surface area contributed by atoms with E-state index in [1.54, 1.807) is 18.1 Å². The van der Waals surface area contributed by atoms with Crippen molar-refractivity contribution < 1.29 is 19.1 Å². The fourth-order valence-corrected chi connectivity index (χ4v) is 3.83. The highest BCUT2D eigenvalue weighted by Crippen LogP contribution is 2.31. The Bertz CT molecular complexity index is 1130. The zero-order valence-electron chi connectivity index (χ0n) is 17.0. The van der Waals surface area contributed by atoms with Gasteiger partial charge in [0.2, 0.25) is 0 Å². The average Bonchev–Trinajstić information content (AvgIpc) is 3.11. The molecule has 0 saturated heterocycles. The molecular weight excluding hydrogens is 378 g/mol. The molecule has 4 rings (SSSR count). The second-order valence-electron chi connectivity index (χ2n) is 7.36. The van der Waals surface area contributed by atoms with Crippen molar-refractivity contribution in [2.45, 2.75) is 19.4 Å². The lowest BCUT2D eigenvalue weighted by Crippen LogP contribution is -2.38. The van der Waals surface area contributed by atoms with E-state index >= 15 is 0 Å². The Morgan fingerprint density at radius 1 is 1.07 bits per heavy atom. The number of hydrogen-bond acceptors (Lipinski definition) is 4. The van der Waals surface area contributed by atoms with Crippen molar-refractivity contribution in [1.29, 1.82) is 0 Å². The molecule has 0 saturated carbocycles. The monoisotopic (exact) mass is 401 g/mol. The number of rotatable bonds is 5. The van der Waals surface area contributed by atoms with Crippen molar-refractivity contribution in [3.8, 4) is 5.75 Å². The summed E-state index contributed by atoms with van der Waals surface area (Å²) in [5.41, 5.74) is 2.91. The van der Waals surface area contributed by atoms with Crippen LogP contribution in [-0.4, -0.2) is 31.6 Å². The highest BCUT2D eigenvalue weighted by atomic mass is 16.5. The first-order valence-corrected chi connectivity index (χ1v) is 9.88. The van der Waals surface area contributed by atoms with Gasteiger partial charge in [-0.05, 0) is 65.6 Å². The molecule has 1 aliphatic heterocycles. The number of carbonyl (C=O) groups excluding carboxylic acids is 2. The molecular formula is C25H23NO4. The molecule has 0 fully saturated rings. The summed E-state index contributed by atoms with van der Waals surface area (Å²) in [4.78, 5) is 26.4. The number of hydrogen-bond donors (Lipinski definition) is 0. The molecule has 3 aromatic carbocycles. The maximum absolute atomic E-state index is 12.6. The number of benzene rings is 3. The third-order valence-corrected chi connectivity index (χ3v) is 5.30. The van der Waals surface area contributed by atoms with Gasteiger partial charge in [0.25, 0.3) is 5.91 Å². The minimum Gasteiger partial charge on any atom is -0.497 e. The normalized spacial score (nSPS) is 15.4. The van der Waals surface area contributed by atoms with E-state index in [9.17, 15) is 9.59 Å². The molecule has 1 aliphatic rings. The summed E-state index contributed by atoms with van der Waals surface area (Å²) in [5.74, 6) is 0.0427. The molecule has 5 nitrogen and oxygen atoms in total. The Morgan fingerprint density at radius 2 is 1.83 bits per heavy atom. The third-order valence-electron chi connectivity index (χ3n) is 5.30. The quantitative estimate of drug-likeness (QED) is 0.470. The van der Waals surface area contributed by atoms with E-state index in [1.165, 1.54) is 6.08 Å². The van der Waals surface area contributed by atoms with Crippen LogP contribution in [0, 0.1) is 0 Å². The van der Waals surface area contributed by atoms with Crippen molar-refractivity contribution in [3.63, 3.8) is 0 Å². The standard InChI is InChI=1S/C25H23NO4/c1-17-13-21-5-3-4-6-23(21)26(17)24(27)16-30-25(28)12-8-18-7-9-20-15-22(29-2)11-10-19(20)14-18/h3-12,14-15,17H,13,16H2,1-2H3/b12-8+/t17-/m1/s1. The van der Waals surface area contributed by atoms with Gasteiger partial charge in [0.05, 0.1) is 7.11 Å². The first-order chi connectivity index (χ1) is 14.5. The maximum Gasteiger partial charge on any atom is 0.331 e. The highest BCUT2D eigenvalue weighted by molar-refractivity contribution is 5.98. The Labute approximate surface area is 175 Å². The molecule has 0 bridgehead atoms. The van der Waals surface area contributed by atoms with Crippen LogP contribution in [0.5, 0.6) is 5.75 Å². The van der Waals surface area contributed by atoms with Gasteiger partial charge in [-0.25, -0.2) is 4.79 Å². The van der Waals surface area contributed by atoms with Crippen LogP contribution in [0.2, 0.25) is 0 Å². The second-order valence-corrected chi connectivity index (χ2v) is 7.36. The van der Waals surface area contributed by atoms with Crippen molar-refractivity contribution in [2.75, 3.05) is 18.6 Å². The summed E-state index contributed by atoms with van der Waals surface area (Å²) in [6.07, 6.45) is 3.84. The molecule has 0 unspecified atom stereocenters. The van der Waals surface area contributed by atoms with Gasteiger partial charge in [0.1, 0.15) is 5.75 Å². The molecule has 1 atom stereocenters. The first kappa shape index (κ1) is 19.7. The molecule has 0 radical (unpaired) electrons. The van der Waals surface area contributed by atoms with E-state index < -0.39 is 5.97 Å². The molecule has 1 amide bonds. The number of ether oxygens (including phenoxy) is 2. The highest BCUT2D eigenvalue weighted by Gasteiger charge is 2.30. The molecule has 30 heavy (non-hydrogen) atoms.